The molecule has 0 amide bonds. The van der Waals surface area contributed by atoms with Gasteiger partial charge in [0.1, 0.15) is 0 Å². The molecule has 0 unspecified atom stereocenters. The van der Waals surface area contributed by atoms with Crippen molar-refractivity contribution in [3.63, 3.8) is 0 Å². The number of aromatic nitrogens is 1. The Morgan fingerprint density at radius 2 is 2.19 bits per heavy atom. The van der Waals surface area contributed by atoms with Crippen molar-refractivity contribution < 1.29 is 9.31 Å². The highest BCUT2D eigenvalue weighted by molar-refractivity contribution is 7.09. The van der Waals surface area contributed by atoms with E-state index in [1.54, 1.807) is 0 Å². The van der Waals surface area contributed by atoms with Crippen molar-refractivity contribution in [1.82, 2.24) is 4.37 Å². The minimum Gasteiger partial charge on any atom is -0.258 e. The van der Waals surface area contributed by atoms with Gasteiger partial charge in [-0.2, -0.15) is 8.76 Å². The van der Waals surface area contributed by atoms with Crippen LogP contribution in [0.2, 0.25) is 0 Å². The summed E-state index contributed by atoms with van der Waals surface area (Å²) in [5.74, 6) is -0.825. The first-order valence-electron chi connectivity index (χ1n) is 4.45. The number of rotatable bonds is 2. The van der Waals surface area contributed by atoms with Gasteiger partial charge in [-0.3, -0.25) is 10.1 Å². The van der Waals surface area contributed by atoms with E-state index in [0.29, 0.717) is 5.56 Å². The first kappa shape index (κ1) is 10.7. The van der Waals surface area contributed by atoms with Gasteiger partial charge in [0.05, 0.1) is 15.5 Å². The summed E-state index contributed by atoms with van der Waals surface area (Å²) >= 11 is 1.24. The van der Waals surface area contributed by atoms with Crippen molar-refractivity contribution in [3.05, 3.63) is 45.9 Å². The van der Waals surface area contributed by atoms with Crippen molar-refractivity contribution in [3.8, 4) is 10.4 Å². The summed E-state index contributed by atoms with van der Waals surface area (Å²) in [5, 5.41) is 10.4. The van der Waals surface area contributed by atoms with Crippen LogP contribution in [0.1, 0.15) is 5.69 Å². The summed E-state index contributed by atoms with van der Waals surface area (Å²) in [6.07, 6.45) is 0. The largest absolute Gasteiger partial charge is 0.304 e. The Morgan fingerprint density at radius 3 is 2.69 bits per heavy atom. The van der Waals surface area contributed by atoms with Crippen LogP contribution in [0.15, 0.2) is 24.3 Å². The smallest absolute Gasteiger partial charge is 0.258 e. The zero-order valence-corrected chi connectivity index (χ0v) is 9.12. The second-order valence-electron chi connectivity index (χ2n) is 3.26. The van der Waals surface area contributed by atoms with Gasteiger partial charge < -0.3 is 0 Å². The molecule has 0 saturated carbocycles. The quantitative estimate of drug-likeness (QED) is 0.596. The van der Waals surface area contributed by atoms with E-state index in [-0.39, 0.29) is 0 Å². The van der Waals surface area contributed by atoms with E-state index < -0.39 is 16.4 Å². The van der Waals surface area contributed by atoms with Crippen molar-refractivity contribution >= 4 is 17.2 Å². The lowest BCUT2D eigenvalue weighted by Gasteiger charge is -1.97. The van der Waals surface area contributed by atoms with Crippen molar-refractivity contribution in [2.45, 2.75) is 6.92 Å². The number of aryl methyl sites for hydroxylation is 1. The van der Waals surface area contributed by atoms with Crippen LogP contribution < -0.4 is 0 Å². The van der Waals surface area contributed by atoms with Crippen LogP contribution in [0, 0.1) is 22.9 Å². The molecule has 0 aliphatic heterocycles. The van der Waals surface area contributed by atoms with Gasteiger partial charge in [0.25, 0.3) is 0 Å². The molecule has 0 N–H and O–H groups in total. The molecule has 16 heavy (non-hydrogen) atoms. The van der Waals surface area contributed by atoms with E-state index in [0.717, 1.165) is 16.6 Å². The van der Waals surface area contributed by atoms with Crippen LogP contribution in [0.3, 0.4) is 0 Å². The SMILES string of the molecule is Cc1cc(-c2ccc([N+](=O)[O-])c(F)c2)sn1. The molecule has 2 aromatic rings. The van der Waals surface area contributed by atoms with Gasteiger partial charge in [0.2, 0.25) is 5.82 Å². The fourth-order valence-electron chi connectivity index (χ4n) is 1.31. The molecular formula is C10H7FN2O2S. The Labute approximate surface area is 94.7 Å². The number of hydrogen-bond donors (Lipinski definition) is 0. The van der Waals surface area contributed by atoms with Crippen molar-refractivity contribution in [2.24, 2.45) is 0 Å². The summed E-state index contributed by atoms with van der Waals surface area (Å²) in [7, 11) is 0. The average molecular weight is 238 g/mol. The molecular weight excluding hydrogens is 231 g/mol. The summed E-state index contributed by atoms with van der Waals surface area (Å²) in [6, 6.07) is 5.66. The zero-order valence-electron chi connectivity index (χ0n) is 8.31. The molecule has 0 saturated heterocycles. The highest BCUT2D eigenvalue weighted by Crippen LogP contribution is 2.28. The molecule has 0 aliphatic rings. The molecule has 82 valence electrons. The summed E-state index contributed by atoms with van der Waals surface area (Å²) in [6.45, 7) is 1.84. The number of benzene rings is 1. The molecule has 2 rings (SSSR count). The first-order valence-corrected chi connectivity index (χ1v) is 5.23. The number of nitro groups is 1. The molecule has 1 aromatic heterocycles. The lowest BCUT2D eigenvalue weighted by molar-refractivity contribution is -0.387. The van der Waals surface area contributed by atoms with Gasteiger partial charge in [0.15, 0.2) is 0 Å². The van der Waals surface area contributed by atoms with Crippen LogP contribution in [0.5, 0.6) is 0 Å². The molecule has 0 aliphatic carbocycles. The summed E-state index contributed by atoms with van der Waals surface area (Å²) < 4.78 is 17.4. The van der Waals surface area contributed by atoms with E-state index >= 15 is 0 Å². The van der Waals surface area contributed by atoms with Crippen LogP contribution in [0.4, 0.5) is 10.1 Å². The van der Waals surface area contributed by atoms with Gasteiger partial charge in [-0.15, -0.1) is 0 Å². The first-order chi connectivity index (χ1) is 7.58. The van der Waals surface area contributed by atoms with Crippen LogP contribution in [-0.2, 0) is 0 Å². The van der Waals surface area contributed by atoms with Gasteiger partial charge in [-0.25, -0.2) is 0 Å². The Hall–Kier alpha value is -1.82. The lowest BCUT2D eigenvalue weighted by Crippen LogP contribution is -1.92. The standard InChI is InChI=1S/C10H7FN2O2S/c1-6-4-10(16-12-6)7-2-3-9(13(14)15)8(11)5-7/h2-5H,1H3. The van der Waals surface area contributed by atoms with E-state index in [9.17, 15) is 14.5 Å². The number of hydrogen-bond acceptors (Lipinski definition) is 4. The third-order valence-electron chi connectivity index (χ3n) is 2.06. The average Bonchev–Trinajstić information content (AvgIpc) is 2.64. The molecule has 1 heterocycles. The minimum atomic E-state index is -0.825. The van der Waals surface area contributed by atoms with Crippen LogP contribution in [-0.4, -0.2) is 9.30 Å². The van der Waals surface area contributed by atoms with E-state index in [2.05, 4.69) is 4.37 Å². The zero-order chi connectivity index (χ0) is 11.7. The molecule has 0 radical (unpaired) electrons. The summed E-state index contributed by atoms with van der Waals surface area (Å²) in [4.78, 5) is 10.5. The highest BCUT2D eigenvalue weighted by atomic mass is 32.1. The molecule has 0 bridgehead atoms. The highest BCUT2D eigenvalue weighted by Gasteiger charge is 2.14. The number of nitro benzene ring substituents is 1. The van der Waals surface area contributed by atoms with Crippen LogP contribution in [0.25, 0.3) is 10.4 Å². The van der Waals surface area contributed by atoms with E-state index in [1.165, 1.54) is 23.7 Å². The molecule has 6 heteroatoms. The van der Waals surface area contributed by atoms with Gasteiger partial charge in [-0.05, 0) is 42.2 Å². The minimum absolute atomic E-state index is 0.509. The predicted molar refractivity (Wildman–Crippen MR) is 58.9 cm³/mol. The molecule has 4 nitrogen and oxygen atoms in total. The Kier molecular flexibility index (Phi) is 2.66. The Bertz CT molecular complexity index is 554. The normalized spacial score (nSPS) is 10.4. The van der Waals surface area contributed by atoms with Crippen LogP contribution >= 0.6 is 11.5 Å². The maximum absolute atomic E-state index is 13.3. The van der Waals surface area contributed by atoms with E-state index in [4.69, 9.17) is 0 Å². The summed E-state index contributed by atoms with van der Waals surface area (Å²) in [5.41, 5.74) is 0.942. The monoisotopic (exact) mass is 238 g/mol. The molecule has 0 spiro atoms. The Morgan fingerprint density at radius 1 is 1.44 bits per heavy atom. The van der Waals surface area contributed by atoms with Gasteiger partial charge in [0, 0.05) is 6.07 Å². The van der Waals surface area contributed by atoms with Gasteiger partial charge in [-0.1, -0.05) is 0 Å². The second kappa shape index (κ2) is 3.97. The van der Waals surface area contributed by atoms with Crippen molar-refractivity contribution in [1.29, 1.82) is 0 Å². The van der Waals surface area contributed by atoms with E-state index in [1.807, 2.05) is 13.0 Å². The second-order valence-corrected chi connectivity index (χ2v) is 4.06. The predicted octanol–water partition coefficient (Wildman–Crippen LogP) is 3.17. The number of nitrogens with zero attached hydrogens (tertiary/aromatic N) is 2. The Balaban J connectivity index is 2.45. The number of halogens is 1. The maximum Gasteiger partial charge on any atom is 0.304 e. The third kappa shape index (κ3) is 1.92. The van der Waals surface area contributed by atoms with Crippen molar-refractivity contribution in [2.75, 3.05) is 0 Å². The fourth-order valence-corrected chi connectivity index (χ4v) is 2.06. The molecule has 1 aromatic carbocycles. The van der Waals surface area contributed by atoms with Gasteiger partial charge >= 0.3 is 5.69 Å². The third-order valence-corrected chi connectivity index (χ3v) is 2.99. The molecule has 0 atom stereocenters. The maximum atomic E-state index is 13.3. The lowest BCUT2D eigenvalue weighted by atomic mass is 10.1. The molecule has 0 fully saturated rings. The topological polar surface area (TPSA) is 56.0 Å². The fraction of sp³-hybridized carbons (Fsp3) is 0.100.